The summed E-state index contributed by atoms with van der Waals surface area (Å²) in [4.78, 5) is 0. The van der Waals surface area contributed by atoms with Crippen LogP contribution in [0.15, 0.2) is 24.3 Å². The van der Waals surface area contributed by atoms with E-state index >= 15 is 0 Å². The van der Waals surface area contributed by atoms with Crippen molar-refractivity contribution in [3.05, 3.63) is 29.8 Å². The lowest BCUT2D eigenvalue weighted by atomic mass is 10.1. The topological polar surface area (TPSA) is 9.23 Å². The van der Waals surface area contributed by atoms with Crippen molar-refractivity contribution >= 4 is 0 Å². The van der Waals surface area contributed by atoms with Crippen molar-refractivity contribution in [1.29, 1.82) is 0 Å². The molecule has 58 valence electrons. The molecule has 1 aliphatic rings. The molecule has 1 heterocycles. The molecule has 1 aromatic carbocycles. The highest BCUT2D eigenvalue weighted by molar-refractivity contribution is 5.35. The molecule has 0 aromatic heterocycles. The van der Waals surface area contributed by atoms with Crippen molar-refractivity contribution in [3.8, 4) is 5.75 Å². The zero-order valence-corrected chi connectivity index (χ0v) is 6.09. The van der Waals surface area contributed by atoms with Crippen LogP contribution < -0.4 is 4.74 Å². The van der Waals surface area contributed by atoms with Gasteiger partial charge in [0.2, 0.25) is 0 Å². The molecule has 0 fully saturated rings. The van der Waals surface area contributed by atoms with E-state index in [1.165, 1.54) is 0 Å². The van der Waals surface area contributed by atoms with E-state index in [1.54, 1.807) is 0 Å². The number of ether oxygens (including phenoxy) is 1. The van der Waals surface area contributed by atoms with Crippen molar-refractivity contribution < 1.29 is 9.13 Å². The number of para-hydroxylation sites is 1. The minimum absolute atomic E-state index is 0.205. The number of halogens is 1. The van der Waals surface area contributed by atoms with Crippen LogP contribution >= 0.6 is 0 Å². The van der Waals surface area contributed by atoms with E-state index in [2.05, 4.69) is 0 Å². The van der Waals surface area contributed by atoms with Gasteiger partial charge in [-0.3, -0.25) is 0 Å². The van der Waals surface area contributed by atoms with Gasteiger partial charge in [-0.15, -0.1) is 0 Å². The van der Waals surface area contributed by atoms with Gasteiger partial charge in [0.1, 0.15) is 18.5 Å². The van der Waals surface area contributed by atoms with Gasteiger partial charge in [-0.2, -0.15) is 0 Å². The lowest BCUT2D eigenvalue weighted by molar-refractivity contribution is 0.174. The third kappa shape index (κ3) is 1.20. The average molecular weight is 152 g/mol. The molecule has 1 unspecified atom stereocenters. The van der Waals surface area contributed by atoms with Gasteiger partial charge in [-0.05, 0) is 11.6 Å². The average Bonchev–Trinajstić information content (AvgIpc) is 2.04. The third-order valence-corrected chi connectivity index (χ3v) is 1.83. The molecule has 0 radical (unpaired) electrons. The van der Waals surface area contributed by atoms with Gasteiger partial charge >= 0.3 is 0 Å². The van der Waals surface area contributed by atoms with Crippen molar-refractivity contribution in [2.24, 2.45) is 0 Å². The highest BCUT2D eigenvalue weighted by Crippen LogP contribution is 2.24. The fourth-order valence-electron chi connectivity index (χ4n) is 1.29. The first kappa shape index (κ1) is 6.65. The quantitative estimate of drug-likeness (QED) is 0.552. The van der Waals surface area contributed by atoms with E-state index in [0.29, 0.717) is 6.42 Å². The molecular weight excluding hydrogens is 143 g/mol. The maximum Gasteiger partial charge on any atom is 0.138 e. The lowest BCUT2D eigenvalue weighted by Crippen LogP contribution is -2.21. The molecule has 0 saturated heterocycles. The highest BCUT2D eigenvalue weighted by Gasteiger charge is 2.17. The maximum atomic E-state index is 12.7. The molecule has 0 bridgehead atoms. The Balaban J connectivity index is 2.34. The van der Waals surface area contributed by atoms with Crippen molar-refractivity contribution in [1.82, 2.24) is 0 Å². The summed E-state index contributed by atoms with van der Waals surface area (Å²) in [5.74, 6) is 0.835. The summed E-state index contributed by atoms with van der Waals surface area (Å²) in [5, 5.41) is 0. The largest absolute Gasteiger partial charge is 0.490 e. The highest BCUT2D eigenvalue weighted by atomic mass is 19.1. The first-order chi connectivity index (χ1) is 5.36. The molecule has 0 saturated carbocycles. The minimum atomic E-state index is -0.829. The molecule has 11 heavy (non-hydrogen) atoms. The van der Waals surface area contributed by atoms with Crippen LogP contribution in [0.5, 0.6) is 5.75 Å². The van der Waals surface area contributed by atoms with Crippen LogP contribution in [0.2, 0.25) is 0 Å². The Bertz CT molecular complexity index is 259. The summed E-state index contributed by atoms with van der Waals surface area (Å²) in [5.41, 5.74) is 0.978. The summed E-state index contributed by atoms with van der Waals surface area (Å²) < 4.78 is 17.9. The van der Waals surface area contributed by atoms with Gasteiger partial charge in [-0.1, -0.05) is 18.2 Å². The second-order valence-electron chi connectivity index (χ2n) is 2.72. The number of rotatable bonds is 0. The zero-order valence-electron chi connectivity index (χ0n) is 6.09. The summed E-state index contributed by atoms with van der Waals surface area (Å²) in [6, 6.07) is 7.58. The molecule has 1 aromatic rings. The standard InChI is InChI=1S/C9H9FO/c10-8-5-7-3-1-2-4-9(7)11-6-8/h1-4,8H,5-6H2. The molecule has 0 amide bonds. The van der Waals surface area contributed by atoms with Gasteiger partial charge in [0.25, 0.3) is 0 Å². The van der Waals surface area contributed by atoms with Crippen LogP contribution in [0.4, 0.5) is 4.39 Å². The minimum Gasteiger partial charge on any atom is -0.490 e. The van der Waals surface area contributed by atoms with Crippen molar-refractivity contribution in [3.63, 3.8) is 0 Å². The van der Waals surface area contributed by atoms with Crippen LogP contribution in [-0.4, -0.2) is 12.8 Å². The molecule has 2 heteroatoms. The van der Waals surface area contributed by atoms with E-state index in [1.807, 2.05) is 24.3 Å². The summed E-state index contributed by atoms with van der Waals surface area (Å²) in [6.45, 7) is 0.205. The first-order valence-electron chi connectivity index (χ1n) is 3.71. The Hall–Kier alpha value is -1.05. The number of hydrogen-bond acceptors (Lipinski definition) is 1. The van der Waals surface area contributed by atoms with E-state index in [-0.39, 0.29) is 6.61 Å². The predicted octanol–water partition coefficient (Wildman–Crippen LogP) is 1.96. The SMILES string of the molecule is FC1COc2ccccc2C1. The molecule has 0 aliphatic carbocycles. The van der Waals surface area contributed by atoms with Gasteiger partial charge < -0.3 is 4.74 Å². The molecule has 1 aliphatic heterocycles. The number of fused-ring (bicyclic) bond motifs is 1. The van der Waals surface area contributed by atoms with E-state index in [9.17, 15) is 4.39 Å². The fourth-order valence-corrected chi connectivity index (χ4v) is 1.29. The lowest BCUT2D eigenvalue weighted by Gasteiger charge is -2.19. The van der Waals surface area contributed by atoms with E-state index in [4.69, 9.17) is 4.74 Å². The first-order valence-corrected chi connectivity index (χ1v) is 3.71. The Labute approximate surface area is 64.8 Å². The smallest absolute Gasteiger partial charge is 0.138 e. The monoisotopic (exact) mass is 152 g/mol. The Morgan fingerprint density at radius 1 is 1.36 bits per heavy atom. The maximum absolute atomic E-state index is 12.7. The second kappa shape index (κ2) is 2.53. The summed E-state index contributed by atoms with van der Waals surface area (Å²) in [7, 11) is 0. The number of alkyl halides is 1. The zero-order chi connectivity index (χ0) is 7.68. The molecular formula is C9H9FO. The van der Waals surface area contributed by atoms with Crippen LogP contribution in [0, 0.1) is 0 Å². The molecule has 1 atom stereocenters. The second-order valence-corrected chi connectivity index (χ2v) is 2.72. The van der Waals surface area contributed by atoms with Crippen molar-refractivity contribution in [2.45, 2.75) is 12.6 Å². The van der Waals surface area contributed by atoms with E-state index < -0.39 is 6.17 Å². The molecule has 0 N–H and O–H groups in total. The number of hydrogen-bond donors (Lipinski definition) is 0. The molecule has 2 rings (SSSR count). The third-order valence-electron chi connectivity index (χ3n) is 1.83. The van der Waals surface area contributed by atoms with Gasteiger partial charge in [0, 0.05) is 6.42 Å². The number of benzene rings is 1. The van der Waals surface area contributed by atoms with Crippen LogP contribution in [0.25, 0.3) is 0 Å². The molecule has 0 spiro atoms. The fraction of sp³-hybridized carbons (Fsp3) is 0.333. The normalized spacial score (nSPS) is 22.1. The van der Waals surface area contributed by atoms with Gasteiger partial charge in [0.05, 0.1) is 0 Å². The Kier molecular flexibility index (Phi) is 1.53. The van der Waals surface area contributed by atoms with Gasteiger partial charge in [-0.25, -0.2) is 4.39 Å². The van der Waals surface area contributed by atoms with Crippen LogP contribution in [0.1, 0.15) is 5.56 Å². The molecule has 1 nitrogen and oxygen atoms in total. The Morgan fingerprint density at radius 2 is 2.18 bits per heavy atom. The predicted molar refractivity (Wildman–Crippen MR) is 40.5 cm³/mol. The van der Waals surface area contributed by atoms with Gasteiger partial charge in [0.15, 0.2) is 0 Å². The van der Waals surface area contributed by atoms with Crippen molar-refractivity contribution in [2.75, 3.05) is 6.61 Å². The van der Waals surface area contributed by atoms with Crippen LogP contribution in [0.3, 0.4) is 0 Å². The Morgan fingerprint density at radius 3 is 3.09 bits per heavy atom. The van der Waals surface area contributed by atoms with Crippen LogP contribution in [-0.2, 0) is 6.42 Å². The van der Waals surface area contributed by atoms with E-state index in [0.717, 1.165) is 11.3 Å². The summed E-state index contributed by atoms with van der Waals surface area (Å²) in [6.07, 6.45) is -0.333. The summed E-state index contributed by atoms with van der Waals surface area (Å²) >= 11 is 0.